The minimum atomic E-state index is 0.889. The lowest BCUT2D eigenvalue weighted by Gasteiger charge is -1.80. The van der Waals surface area contributed by atoms with E-state index in [2.05, 4.69) is 11.6 Å². The molecule has 1 nitrogen and oxygen atoms in total. The van der Waals surface area contributed by atoms with Gasteiger partial charge in [0.05, 0.1) is 0 Å². The standard InChI is InChI=1S/C6H11N.C2H6/c1-3-5-6-7-4-2;1-2/h3-4H,1,5-6H2,2H3;1-2H3. The number of rotatable bonds is 3. The van der Waals surface area contributed by atoms with E-state index < -0.39 is 0 Å². The maximum atomic E-state index is 3.97. The first-order chi connectivity index (χ1) is 4.41. The molecule has 0 aromatic heterocycles. The van der Waals surface area contributed by atoms with Gasteiger partial charge in [-0.2, -0.15) is 0 Å². The summed E-state index contributed by atoms with van der Waals surface area (Å²) in [4.78, 5) is 3.97. The van der Waals surface area contributed by atoms with Crippen molar-refractivity contribution in [2.24, 2.45) is 4.99 Å². The second-order valence-corrected chi connectivity index (χ2v) is 1.24. The minimum Gasteiger partial charge on any atom is -0.298 e. The van der Waals surface area contributed by atoms with E-state index in [-0.39, 0.29) is 0 Å². The summed E-state index contributed by atoms with van der Waals surface area (Å²) < 4.78 is 0. The topological polar surface area (TPSA) is 12.4 Å². The van der Waals surface area contributed by atoms with Crippen LogP contribution >= 0.6 is 0 Å². The van der Waals surface area contributed by atoms with Crippen molar-refractivity contribution < 1.29 is 0 Å². The van der Waals surface area contributed by atoms with Gasteiger partial charge in [-0.1, -0.05) is 19.9 Å². The predicted octanol–water partition coefficient (Wildman–Crippen LogP) is 2.68. The van der Waals surface area contributed by atoms with Crippen molar-refractivity contribution >= 4 is 6.21 Å². The Kier molecular flexibility index (Phi) is 19.5. The highest BCUT2D eigenvalue weighted by Crippen LogP contribution is 1.77. The fraction of sp³-hybridized carbons (Fsp3) is 0.625. The third-order valence-corrected chi connectivity index (χ3v) is 0.645. The lowest BCUT2D eigenvalue weighted by atomic mass is 10.4. The number of hydrogen-bond donors (Lipinski definition) is 0. The van der Waals surface area contributed by atoms with Crippen LogP contribution in [0.2, 0.25) is 0 Å². The Hall–Kier alpha value is -0.590. The summed E-state index contributed by atoms with van der Waals surface area (Å²) in [5, 5.41) is 0. The number of hydrogen-bond acceptors (Lipinski definition) is 1. The SMILES string of the molecule is C=CCCN=CC.CC. The maximum absolute atomic E-state index is 3.97. The highest BCUT2D eigenvalue weighted by atomic mass is 14.7. The van der Waals surface area contributed by atoms with Crippen molar-refractivity contribution in [3.8, 4) is 0 Å². The highest BCUT2D eigenvalue weighted by Gasteiger charge is 1.68. The summed E-state index contributed by atoms with van der Waals surface area (Å²) in [5.74, 6) is 0. The number of nitrogens with zero attached hydrogens (tertiary/aromatic N) is 1. The molecule has 0 atom stereocenters. The van der Waals surface area contributed by atoms with Crippen LogP contribution in [0, 0.1) is 0 Å². The van der Waals surface area contributed by atoms with Gasteiger partial charge >= 0.3 is 0 Å². The van der Waals surface area contributed by atoms with Gasteiger partial charge in [-0.15, -0.1) is 6.58 Å². The van der Waals surface area contributed by atoms with E-state index in [0.717, 1.165) is 13.0 Å². The van der Waals surface area contributed by atoms with Gasteiger partial charge < -0.3 is 0 Å². The second kappa shape index (κ2) is 15.7. The van der Waals surface area contributed by atoms with E-state index in [1.807, 2.05) is 33.1 Å². The van der Waals surface area contributed by atoms with Crippen LogP contribution in [-0.4, -0.2) is 12.8 Å². The first kappa shape index (κ1) is 11.2. The van der Waals surface area contributed by atoms with E-state index in [1.165, 1.54) is 0 Å². The molecule has 1 heteroatoms. The lowest BCUT2D eigenvalue weighted by molar-refractivity contribution is 1.01. The van der Waals surface area contributed by atoms with Crippen LogP contribution in [0.4, 0.5) is 0 Å². The lowest BCUT2D eigenvalue weighted by Crippen LogP contribution is -1.73. The molecule has 0 aliphatic rings. The van der Waals surface area contributed by atoms with E-state index in [4.69, 9.17) is 0 Å². The van der Waals surface area contributed by atoms with Crippen molar-refractivity contribution in [1.29, 1.82) is 0 Å². The van der Waals surface area contributed by atoms with Crippen molar-refractivity contribution in [2.45, 2.75) is 27.2 Å². The molecule has 0 unspecified atom stereocenters. The highest BCUT2D eigenvalue weighted by molar-refractivity contribution is 5.53. The molecular weight excluding hydrogens is 110 g/mol. The van der Waals surface area contributed by atoms with Gasteiger partial charge in [-0.05, 0) is 19.6 Å². The molecule has 0 saturated carbocycles. The third kappa shape index (κ3) is 18.7. The third-order valence-electron chi connectivity index (χ3n) is 0.645. The van der Waals surface area contributed by atoms with Crippen LogP contribution in [0.15, 0.2) is 17.6 Å². The van der Waals surface area contributed by atoms with Gasteiger partial charge in [0.25, 0.3) is 0 Å². The first-order valence-corrected chi connectivity index (χ1v) is 3.47. The molecule has 0 radical (unpaired) electrons. The van der Waals surface area contributed by atoms with Crippen molar-refractivity contribution in [3.05, 3.63) is 12.7 Å². The monoisotopic (exact) mass is 127 g/mol. The second-order valence-electron chi connectivity index (χ2n) is 1.24. The van der Waals surface area contributed by atoms with E-state index in [9.17, 15) is 0 Å². The molecule has 0 saturated heterocycles. The van der Waals surface area contributed by atoms with Crippen LogP contribution in [0.1, 0.15) is 27.2 Å². The van der Waals surface area contributed by atoms with E-state index in [1.54, 1.807) is 0 Å². The fourth-order valence-corrected chi connectivity index (χ4v) is 0.295. The fourth-order valence-electron chi connectivity index (χ4n) is 0.295. The molecule has 0 aromatic rings. The largest absolute Gasteiger partial charge is 0.298 e. The molecule has 0 N–H and O–H groups in total. The van der Waals surface area contributed by atoms with Crippen molar-refractivity contribution in [1.82, 2.24) is 0 Å². The van der Waals surface area contributed by atoms with Crippen molar-refractivity contribution in [3.63, 3.8) is 0 Å². The molecule has 0 spiro atoms. The van der Waals surface area contributed by atoms with Gasteiger partial charge in [-0.25, -0.2) is 0 Å². The molecule has 0 aromatic carbocycles. The van der Waals surface area contributed by atoms with E-state index >= 15 is 0 Å². The summed E-state index contributed by atoms with van der Waals surface area (Å²) in [5.41, 5.74) is 0. The number of aliphatic imine (C=N–C) groups is 1. The average Bonchev–Trinajstić information content (AvgIpc) is 1.94. The van der Waals surface area contributed by atoms with Gasteiger partial charge in [-0.3, -0.25) is 4.99 Å². The summed E-state index contributed by atoms with van der Waals surface area (Å²) in [6.45, 7) is 10.4. The van der Waals surface area contributed by atoms with Crippen LogP contribution in [0.3, 0.4) is 0 Å². The Labute approximate surface area is 58.5 Å². The normalized spacial score (nSPS) is 8.33. The zero-order valence-electron chi connectivity index (χ0n) is 6.72. The van der Waals surface area contributed by atoms with Gasteiger partial charge in [0, 0.05) is 6.54 Å². The molecule has 0 rings (SSSR count). The van der Waals surface area contributed by atoms with Crippen LogP contribution in [-0.2, 0) is 0 Å². The Balaban J connectivity index is 0. The molecular formula is C8H17N. The molecule has 54 valence electrons. The molecule has 0 aliphatic heterocycles. The zero-order valence-corrected chi connectivity index (χ0v) is 6.72. The molecule has 0 heterocycles. The molecule has 9 heavy (non-hydrogen) atoms. The Morgan fingerprint density at radius 1 is 1.44 bits per heavy atom. The van der Waals surface area contributed by atoms with Gasteiger partial charge in [0.15, 0.2) is 0 Å². The van der Waals surface area contributed by atoms with Crippen molar-refractivity contribution in [2.75, 3.05) is 6.54 Å². The average molecular weight is 127 g/mol. The summed E-state index contributed by atoms with van der Waals surface area (Å²) in [6, 6.07) is 0. The smallest absolute Gasteiger partial charge is 0.0419 e. The Morgan fingerprint density at radius 2 is 2.00 bits per heavy atom. The molecule has 0 bridgehead atoms. The predicted molar refractivity (Wildman–Crippen MR) is 45.2 cm³/mol. The first-order valence-electron chi connectivity index (χ1n) is 3.47. The van der Waals surface area contributed by atoms with Gasteiger partial charge in [0.1, 0.15) is 0 Å². The quantitative estimate of drug-likeness (QED) is 0.314. The van der Waals surface area contributed by atoms with Crippen LogP contribution in [0.25, 0.3) is 0 Å². The summed E-state index contributed by atoms with van der Waals surface area (Å²) in [7, 11) is 0. The molecule has 0 fully saturated rings. The maximum Gasteiger partial charge on any atom is 0.0419 e. The van der Waals surface area contributed by atoms with E-state index in [0.29, 0.717) is 0 Å². The van der Waals surface area contributed by atoms with Gasteiger partial charge in [0.2, 0.25) is 0 Å². The zero-order chi connectivity index (χ0) is 7.54. The summed E-state index contributed by atoms with van der Waals surface area (Å²) in [6.07, 6.45) is 4.67. The molecule has 0 aliphatic carbocycles. The summed E-state index contributed by atoms with van der Waals surface area (Å²) >= 11 is 0. The van der Waals surface area contributed by atoms with Crippen LogP contribution in [0.5, 0.6) is 0 Å². The Bertz CT molecular complexity index is 65.0. The minimum absolute atomic E-state index is 0.889. The molecule has 0 amide bonds. The Morgan fingerprint density at radius 3 is 2.33 bits per heavy atom. The van der Waals surface area contributed by atoms with Crippen LogP contribution < -0.4 is 0 Å².